The van der Waals surface area contributed by atoms with Crippen molar-refractivity contribution >= 4 is 22.6 Å². The van der Waals surface area contributed by atoms with Gasteiger partial charge in [0.1, 0.15) is 0 Å². The van der Waals surface area contributed by atoms with Gasteiger partial charge < -0.3 is 0 Å². The molecule has 0 aliphatic heterocycles. The van der Waals surface area contributed by atoms with Crippen LogP contribution >= 0.6 is 22.6 Å². The third kappa shape index (κ3) is 0.944. The molecule has 0 atom stereocenters. The summed E-state index contributed by atoms with van der Waals surface area (Å²) in [5.74, 6) is 0. The molecule has 1 nitrogen and oxygen atoms in total. The highest BCUT2D eigenvalue weighted by atomic mass is 127. The Morgan fingerprint density at radius 1 is 1.40 bits per heavy atom. The summed E-state index contributed by atoms with van der Waals surface area (Å²) in [6.07, 6.45) is 5.63. The van der Waals surface area contributed by atoms with Crippen molar-refractivity contribution in [1.29, 1.82) is 0 Å². The SMILES string of the molecule is Ic1ccnc2c1CCC2. The van der Waals surface area contributed by atoms with Crippen molar-refractivity contribution in [2.75, 3.05) is 0 Å². The first-order valence-electron chi connectivity index (χ1n) is 3.50. The Labute approximate surface area is 74.0 Å². The van der Waals surface area contributed by atoms with Gasteiger partial charge in [-0.05, 0) is 53.5 Å². The van der Waals surface area contributed by atoms with E-state index in [0.717, 1.165) is 0 Å². The van der Waals surface area contributed by atoms with Crippen LogP contribution in [0.5, 0.6) is 0 Å². The van der Waals surface area contributed by atoms with Crippen LogP contribution in [0.2, 0.25) is 0 Å². The molecule has 1 aliphatic rings. The van der Waals surface area contributed by atoms with Crippen molar-refractivity contribution in [2.24, 2.45) is 0 Å². The predicted octanol–water partition coefficient (Wildman–Crippen LogP) is 2.17. The first-order chi connectivity index (χ1) is 4.88. The third-order valence-electron chi connectivity index (χ3n) is 1.93. The lowest BCUT2D eigenvalue weighted by molar-refractivity contribution is 0.899. The Bertz CT molecular complexity index is 257. The van der Waals surface area contributed by atoms with Gasteiger partial charge >= 0.3 is 0 Å². The van der Waals surface area contributed by atoms with Crippen LogP contribution in [-0.2, 0) is 12.8 Å². The smallest absolute Gasteiger partial charge is 0.0446 e. The number of rotatable bonds is 0. The van der Waals surface area contributed by atoms with Crippen LogP contribution in [0.15, 0.2) is 12.3 Å². The van der Waals surface area contributed by atoms with Gasteiger partial charge in [-0.25, -0.2) is 0 Å². The molecule has 0 spiro atoms. The molecule has 1 aromatic heterocycles. The van der Waals surface area contributed by atoms with E-state index in [1.807, 2.05) is 6.20 Å². The average molecular weight is 245 g/mol. The minimum Gasteiger partial charge on any atom is -0.261 e. The van der Waals surface area contributed by atoms with Crippen LogP contribution in [-0.4, -0.2) is 4.98 Å². The Kier molecular flexibility index (Phi) is 1.64. The second kappa shape index (κ2) is 2.49. The maximum atomic E-state index is 4.32. The number of aromatic nitrogens is 1. The minimum atomic E-state index is 1.19. The van der Waals surface area contributed by atoms with Crippen molar-refractivity contribution in [1.82, 2.24) is 4.98 Å². The Balaban J connectivity index is 2.59. The molecule has 0 amide bonds. The number of halogens is 1. The van der Waals surface area contributed by atoms with Crippen molar-refractivity contribution in [3.8, 4) is 0 Å². The van der Waals surface area contributed by atoms with Crippen molar-refractivity contribution in [2.45, 2.75) is 19.3 Å². The molecular weight excluding hydrogens is 237 g/mol. The van der Waals surface area contributed by atoms with E-state index in [9.17, 15) is 0 Å². The highest BCUT2D eigenvalue weighted by molar-refractivity contribution is 14.1. The fraction of sp³-hybridized carbons (Fsp3) is 0.375. The van der Waals surface area contributed by atoms with E-state index in [1.54, 1.807) is 0 Å². The molecule has 0 saturated heterocycles. The molecule has 0 unspecified atom stereocenters. The molecule has 0 aromatic carbocycles. The third-order valence-corrected chi connectivity index (χ3v) is 2.94. The van der Waals surface area contributed by atoms with Crippen molar-refractivity contribution < 1.29 is 0 Å². The highest BCUT2D eigenvalue weighted by Crippen LogP contribution is 2.23. The first-order valence-corrected chi connectivity index (χ1v) is 4.58. The lowest BCUT2D eigenvalue weighted by Crippen LogP contribution is -1.89. The van der Waals surface area contributed by atoms with Gasteiger partial charge in [0.05, 0.1) is 0 Å². The quantitative estimate of drug-likeness (QED) is 0.638. The normalized spacial score (nSPS) is 15.3. The highest BCUT2D eigenvalue weighted by Gasteiger charge is 2.13. The monoisotopic (exact) mass is 245 g/mol. The van der Waals surface area contributed by atoms with Gasteiger partial charge in [-0.15, -0.1) is 0 Å². The molecule has 0 radical (unpaired) electrons. The number of nitrogens with zero attached hydrogens (tertiary/aromatic N) is 1. The Morgan fingerprint density at radius 3 is 3.10 bits per heavy atom. The maximum Gasteiger partial charge on any atom is 0.0446 e. The van der Waals surface area contributed by atoms with E-state index >= 15 is 0 Å². The van der Waals surface area contributed by atoms with E-state index in [0.29, 0.717) is 0 Å². The lowest BCUT2D eigenvalue weighted by Gasteiger charge is -1.98. The van der Waals surface area contributed by atoms with Crippen LogP contribution in [0.1, 0.15) is 17.7 Å². The van der Waals surface area contributed by atoms with Gasteiger partial charge in [-0.3, -0.25) is 4.98 Å². The minimum absolute atomic E-state index is 1.19. The summed E-state index contributed by atoms with van der Waals surface area (Å²) in [4.78, 5) is 4.32. The number of pyridine rings is 1. The zero-order chi connectivity index (χ0) is 6.97. The molecule has 10 heavy (non-hydrogen) atoms. The summed E-state index contributed by atoms with van der Waals surface area (Å²) >= 11 is 2.39. The summed E-state index contributed by atoms with van der Waals surface area (Å²) in [6, 6.07) is 2.09. The average Bonchev–Trinajstić information content (AvgIpc) is 2.36. The van der Waals surface area contributed by atoms with E-state index in [-0.39, 0.29) is 0 Å². The number of aryl methyl sites for hydroxylation is 1. The van der Waals surface area contributed by atoms with Crippen LogP contribution in [0.3, 0.4) is 0 Å². The molecule has 1 aromatic rings. The second-order valence-electron chi connectivity index (χ2n) is 2.57. The van der Waals surface area contributed by atoms with Gasteiger partial charge in [0, 0.05) is 15.5 Å². The lowest BCUT2D eigenvalue weighted by atomic mass is 10.2. The summed E-state index contributed by atoms with van der Waals surface area (Å²) in [5.41, 5.74) is 2.81. The van der Waals surface area contributed by atoms with Gasteiger partial charge in [0.15, 0.2) is 0 Å². The first kappa shape index (κ1) is 6.58. The van der Waals surface area contributed by atoms with Crippen molar-refractivity contribution in [3.05, 3.63) is 27.1 Å². The fourth-order valence-electron chi connectivity index (χ4n) is 1.42. The summed E-state index contributed by atoms with van der Waals surface area (Å²) in [7, 11) is 0. The van der Waals surface area contributed by atoms with Crippen LogP contribution in [0.4, 0.5) is 0 Å². The molecule has 2 rings (SSSR count). The number of hydrogen-bond acceptors (Lipinski definition) is 1. The van der Waals surface area contributed by atoms with E-state index < -0.39 is 0 Å². The molecule has 0 bridgehead atoms. The zero-order valence-electron chi connectivity index (χ0n) is 5.60. The summed E-state index contributed by atoms with van der Waals surface area (Å²) in [6.45, 7) is 0. The maximum absolute atomic E-state index is 4.32. The summed E-state index contributed by atoms with van der Waals surface area (Å²) in [5, 5.41) is 0. The Hall–Kier alpha value is -0.120. The standard InChI is InChI=1S/C8H8IN/c9-7-4-5-10-8-3-1-2-6(7)8/h4-5H,1-3H2. The fourth-order valence-corrected chi connectivity index (χ4v) is 2.16. The zero-order valence-corrected chi connectivity index (χ0v) is 7.76. The topological polar surface area (TPSA) is 12.9 Å². The molecule has 0 N–H and O–H groups in total. The second-order valence-corrected chi connectivity index (χ2v) is 3.73. The van der Waals surface area contributed by atoms with E-state index in [2.05, 4.69) is 33.6 Å². The van der Waals surface area contributed by atoms with Crippen LogP contribution < -0.4 is 0 Å². The van der Waals surface area contributed by atoms with Gasteiger partial charge in [-0.2, -0.15) is 0 Å². The van der Waals surface area contributed by atoms with Gasteiger partial charge in [0.2, 0.25) is 0 Å². The van der Waals surface area contributed by atoms with Gasteiger partial charge in [0.25, 0.3) is 0 Å². The van der Waals surface area contributed by atoms with E-state index in [1.165, 1.54) is 34.1 Å². The molecule has 52 valence electrons. The van der Waals surface area contributed by atoms with Crippen LogP contribution in [0, 0.1) is 3.57 Å². The van der Waals surface area contributed by atoms with Crippen LogP contribution in [0.25, 0.3) is 0 Å². The summed E-state index contributed by atoms with van der Waals surface area (Å²) < 4.78 is 1.39. The number of hydrogen-bond donors (Lipinski definition) is 0. The molecule has 1 aliphatic carbocycles. The van der Waals surface area contributed by atoms with Gasteiger partial charge in [-0.1, -0.05) is 0 Å². The molecule has 0 fully saturated rings. The molecular formula is C8H8IN. The predicted molar refractivity (Wildman–Crippen MR) is 49.0 cm³/mol. The molecule has 1 heterocycles. The largest absolute Gasteiger partial charge is 0.261 e. The van der Waals surface area contributed by atoms with Crippen molar-refractivity contribution in [3.63, 3.8) is 0 Å². The number of fused-ring (bicyclic) bond motifs is 1. The Morgan fingerprint density at radius 2 is 2.30 bits per heavy atom. The molecule has 2 heteroatoms. The molecule has 0 saturated carbocycles. The van der Waals surface area contributed by atoms with E-state index in [4.69, 9.17) is 0 Å².